The van der Waals surface area contributed by atoms with Gasteiger partial charge in [0.2, 0.25) is 5.91 Å². The van der Waals surface area contributed by atoms with E-state index in [1.807, 2.05) is 13.0 Å². The summed E-state index contributed by atoms with van der Waals surface area (Å²) in [5, 5.41) is 5.45. The zero-order valence-corrected chi connectivity index (χ0v) is 16.4. The number of methoxy groups -OCH3 is 2. The highest BCUT2D eigenvalue weighted by molar-refractivity contribution is 9.10. The molecule has 0 spiro atoms. The first-order valence-corrected chi connectivity index (χ1v) is 8.79. The molecule has 0 radical (unpaired) electrons. The van der Waals surface area contributed by atoms with E-state index in [4.69, 9.17) is 9.47 Å². The van der Waals surface area contributed by atoms with Gasteiger partial charge in [0, 0.05) is 15.6 Å². The molecule has 0 aromatic heterocycles. The molecule has 0 bridgehead atoms. The number of rotatable bonds is 7. The minimum atomic E-state index is -0.308. The van der Waals surface area contributed by atoms with Gasteiger partial charge in [0.25, 0.3) is 5.91 Å². The summed E-state index contributed by atoms with van der Waals surface area (Å²) >= 11 is 3.31. The van der Waals surface area contributed by atoms with Gasteiger partial charge in [-0.1, -0.05) is 15.9 Å². The second-order valence-corrected chi connectivity index (χ2v) is 6.50. The molecule has 0 aliphatic carbocycles. The number of carbonyl (C=O) groups is 2. The van der Waals surface area contributed by atoms with E-state index in [1.54, 1.807) is 50.6 Å². The van der Waals surface area contributed by atoms with E-state index in [2.05, 4.69) is 26.6 Å². The highest BCUT2D eigenvalue weighted by Gasteiger charge is 2.16. The van der Waals surface area contributed by atoms with Gasteiger partial charge in [-0.15, -0.1) is 0 Å². The van der Waals surface area contributed by atoms with Crippen LogP contribution in [0.1, 0.15) is 28.9 Å². The van der Waals surface area contributed by atoms with Crippen LogP contribution in [0.5, 0.6) is 11.5 Å². The molecule has 6 nitrogen and oxygen atoms in total. The Balaban J connectivity index is 1.95. The number of hydrogen-bond acceptors (Lipinski definition) is 4. The van der Waals surface area contributed by atoms with Gasteiger partial charge in [-0.25, -0.2) is 0 Å². The predicted octanol–water partition coefficient (Wildman–Crippen LogP) is 3.07. The molecule has 1 unspecified atom stereocenters. The lowest BCUT2D eigenvalue weighted by molar-refractivity contribution is -0.120. The minimum Gasteiger partial charge on any atom is -0.497 e. The monoisotopic (exact) mass is 420 g/mol. The number of carbonyl (C=O) groups excluding carboxylic acids is 2. The van der Waals surface area contributed by atoms with Crippen LogP contribution in [0.2, 0.25) is 0 Å². The molecule has 0 saturated heterocycles. The van der Waals surface area contributed by atoms with Crippen LogP contribution in [-0.2, 0) is 4.79 Å². The van der Waals surface area contributed by atoms with Gasteiger partial charge in [-0.3, -0.25) is 9.59 Å². The molecule has 0 fully saturated rings. The lowest BCUT2D eigenvalue weighted by Crippen LogP contribution is -2.38. The fourth-order valence-electron chi connectivity index (χ4n) is 2.41. The Morgan fingerprint density at radius 2 is 1.77 bits per heavy atom. The molecule has 138 valence electrons. The van der Waals surface area contributed by atoms with Gasteiger partial charge in [0.1, 0.15) is 11.5 Å². The van der Waals surface area contributed by atoms with Crippen molar-refractivity contribution in [2.75, 3.05) is 20.8 Å². The number of halogens is 1. The molecule has 7 heteroatoms. The molecule has 0 aliphatic heterocycles. The van der Waals surface area contributed by atoms with Crippen LogP contribution in [0.25, 0.3) is 0 Å². The van der Waals surface area contributed by atoms with Crippen molar-refractivity contribution in [3.8, 4) is 11.5 Å². The topological polar surface area (TPSA) is 76.7 Å². The van der Waals surface area contributed by atoms with Crippen LogP contribution in [0.4, 0.5) is 0 Å². The van der Waals surface area contributed by atoms with Gasteiger partial charge in [-0.05, 0) is 49.4 Å². The summed E-state index contributed by atoms with van der Waals surface area (Å²) in [6.45, 7) is 1.72. The molecule has 2 aromatic rings. The molecule has 1 atom stereocenters. The SMILES string of the molecule is COc1ccc(OC)c(C(C)NC(=O)CNC(=O)c2ccc(Br)cc2)c1. The molecular weight excluding hydrogens is 400 g/mol. The van der Waals surface area contributed by atoms with Gasteiger partial charge in [-0.2, -0.15) is 0 Å². The first-order chi connectivity index (χ1) is 12.4. The highest BCUT2D eigenvalue weighted by atomic mass is 79.9. The Bertz CT molecular complexity index is 778. The van der Waals surface area contributed by atoms with Crippen LogP contribution in [0, 0.1) is 0 Å². The quantitative estimate of drug-likeness (QED) is 0.721. The number of hydrogen-bond donors (Lipinski definition) is 2. The average molecular weight is 421 g/mol. The largest absolute Gasteiger partial charge is 0.497 e. The van der Waals surface area contributed by atoms with Gasteiger partial charge >= 0.3 is 0 Å². The second-order valence-electron chi connectivity index (χ2n) is 5.59. The van der Waals surface area contributed by atoms with Crippen molar-refractivity contribution in [3.63, 3.8) is 0 Å². The van der Waals surface area contributed by atoms with E-state index in [0.29, 0.717) is 17.1 Å². The van der Waals surface area contributed by atoms with Gasteiger partial charge in [0.15, 0.2) is 0 Å². The Kier molecular flexibility index (Phi) is 7.03. The summed E-state index contributed by atoms with van der Waals surface area (Å²) in [7, 11) is 3.14. The van der Waals surface area contributed by atoms with Crippen LogP contribution in [0.3, 0.4) is 0 Å². The van der Waals surface area contributed by atoms with E-state index in [9.17, 15) is 9.59 Å². The summed E-state index contributed by atoms with van der Waals surface area (Å²) in [6.07, 6.45) is 0. The van der Waals surface area contributed by atoms with Crippen LogP contribution in [-0.4, -0.2) is 32.6 Å². The predicted molar refractivity (Wildman–Crippen MR) is 103 cm³/mol. The van der Waals surface area contributed by atoms with Crippen molar-refractivity contribution >= 4 is 27.7 Å². The van der Waals surface area contributed by atoms with Crippen molar-refractivity contribution in [1.82, 2.24) is 10.6 Å². The summed E-state index contributed by atoms with van der Waals surface area (Å²) < 4.78 is 11.4. The molecular formula is C19H21BrN2O4. The first-order valence-electron chi connectivity index (χ1n) is 7.99. The molecule has 2 aromatic carbocycles. The molecule has 0 aliphatic rings. The lowest BCUT2D eigenvalue weighted by Gasteiger charge is -2.18. The van der Waals surface area contributed by atoms with Crippen molar-refractivity contribution < 1.29 is 19.1 Å². The number of amides is 2. The maximum Gasteiger partial charge on any atom is 0.251 e. The molecule has 2 amide bonds. The Hall–Kier alpha value is -2.54. The zero-order valence-electron chi connectivity index (χ0n) is 14.8. The molecule has 2 N–H and O–H groups in total. The fraction of sp³-hybridized carbons (Fsp3) is 0.263. The maximum atomic E-state index is 12.2. The normalized spacial score (nSPS) is 11.4. The van der Waals surface area contributed by atoms with Gasteiger partial charge in [0.05, 0.1) is 26.8 Å². The number of benzene rings is 2. The smallest absolute Gasteiger partial charge is 0.251 e. The molecule has 0 saturated carbocycles. The summed E-state index contributed by atoms with van der Waals surface area (Å²) in [5.41, 5.74) is 1.28. The third-order valence-corrected chi connectivity index (χ3v) is 4.33. The Morgan fingerprint density at radius 1 is 1.08 bits per heavy atom. The van der Waals surface area contributed by atoms with Crippen molar-refractivity contribution in [3.05, 3.63) is 58.1 Å². The summed E-state index contributed by atoms with van der Waals surface area (Å²) in [5.74, 6) is 0.718. The van der Waals surface area contributed by atoms with Crippen molar-refractivity contribution in [2.24, 2.45) is 0 Å². The average Bonchev–Trinajstić information content (AvgIpc) is 2.66. The molecule has 26 heavy (non-hydrogen) atoms. The lowest BCUT2D eigenvalue weighted by atomic mass is 10.1. The maximum absolute atomic E-state index is 12.2. The first kappa shape index (κ1) is 19.8. The number of ether oxygens (including phenoxy) is 2. The van der Waals surface area contributed by atoms with Crippen molar-refractivity contribution in [1.29, 1.82) is 0 Å². The fourth-order valence-corrected chi connectivity index (χ4v) is 2.68. The minimum absolute atomic E-state index is 0.120. The summed E-state index contributed by atoms with van der Waals surface area (Å²) in [4.78, 5) is 24.2. The zero-order chi connectivity index (χ0) is 19.1. The third-order valence-electron chi connectivity index (χ3n) is 3.80. The van der Waals surface area contributed by atoms with E-state index < -0.39 is 0 Å². The van der Waals surface area contributed by atoms with Gasteiger partial charge < -0.3 is 20.1 Å². The number of nitrogens with one attached hydrogen (secondary N) is 2. The van der Waals surface area contributed by atoms with E-state index >= 15 is 0 Å². The van der Waals surface area contributed by atoms with Crippen molar-refractivity contribution in [2.45, 2.75) is 13.0 Å². The molecule has 0 heterocycles. The second kappa shape index (κ2) is 9.24. The van der Waals surface area contributed by atoms with Crippen LogP contribution in [0.15, 0.2) is 46.9 Å². The van der Waals surface area contributed by atoms with E-state index in [0.717, 1.165) is 10.0 Å². The van der Waals surface area contributed by atoms with Crippen LogP contribution < -0.4 is 20.1 Å². The standard InChI is InChI=1S/C19H21BrN2O4/c1-12(16-10-15(25-2)8-9-17(16)26-3)22-18(23)11-21-19(24)13-4-6-14(20)7-5-13/h4-10,12H,11H2,1-3H3,(H,21,24)(H,22,23). The Morgan fingerprint density at radius 3 is 2.38 bits per heavy atom. The Labute approximate surface area is 161 Å². The van der Waals surface area contributed by atoms with E-state index in [1.165, 1.54) is 0 Å². The van der Waals surface area contributed by atoms with E-state index in [-0.39, 0.29) is 24.4 Å². The summed E-state index contributed by atoms with van der Waals surface area (Å²) in [6, 6.07) is 12.0. The third kappa shape index (κ3) is 5.23. The van der Waals surface area contributed by atoms with Crippen LogP contribution >= 0.6 is 15.9 Å². The highest BCUT2D eigenvalue weighted by Crippen LogP contribution is 2.29. The molecule has 2 rings (SSSR count).